The topological polar surface area (TPSA) is 47.6 Å². The second kappa shape index (κ2) is 6.75. The summed E-state index contributed by atoms with van der Waals surface area (Å²) < 4.78 is 11.3. The van der Waals surface area contributed by atoms with Gasteiger partial charge in [-0.05, 0) is 52.9 Å². The third kappa shape index (κ3) is 3.16. The van der Waals surface area contributed by atoms with E-state index in [4.69, 9.17) is 21.1 Å². The Labute approximate surface area is 149 Å². The molecular formula is C18H18ClNO3S. The third-order valence-electron chi connectivity index (χ3n) is 4.43. The van der Waals surface area contributed by atoms with Crippen molar-refractivity contribution in [1.82, 2.24) is 5.32 Å². The van der Waals surface area contributed by atoms with E-state index in [1.54, 1.807) is 11.3 Å². The highest BCUT2D eigenvalue weighted by Crippen LogP contribution is 2.39. The summed E-state index contributed by atoms with van der Waals surface area (Å²) in [6.07, 6.45) is 2.11. The molecule has 1 aromatic heterocycles. The molecule has 2 aromatic rings. The van der Waals surface area contributed by atoms with Crippen molar-refractivity contribution in [2.45, 2.75) is 31.5 Å². The molecule has 4 rings (SSSR count). The number of carbonyl (C=O) groups is 1. The summed E-state index contributed by atoms with van der Waals surface area (Å²) in [4.78, 5) is 12.0. The molecule has 0 spiro atoms. The first-order valence-electron chi connectivity index (χ1n) is 8.11. The molecule has 1 aromatic carbocycles. The zero-order chi connectivity index (χ0) is 16.5. The lowest BCUT2D eigenvalue weighted by Crippen LogP contribution is -2.40. The lowest BCUT2D eigenvalue weighted by Gasteiger charge is -2.14. The van der Waals surface area contributed by atoms with Crippen LogP contribution in [-0.2, 0) is 16.0 Å². The second-order valence-electron chi connectivity index (χ2n) is 6.15. The monoisotopic (exact) mass is 363 g/mol. The van der Waals surface area contributed by atoms with Crippen LogP contribution in [0, 0.1) is 0 Å². The number of halogens is 1. The van der Waals surface area contributed by atoms with Gasteiger partial charge in [-0.15, -0.1) is 0 Å². The van der Waals surface area contributed by atoms with Crippen LogP contribution in [0.25, 0.3) is 11.1 Å². The summed E-state index contributed by atoms with van der Waals surface area (Å²) >= 11 is 8.06. The molecule has 0 unspecified atom stereocenters. The fourth-order valence-corrected chi connectivity index (χ4v) is 4.16. The maximum atomic E-state index is 12.0. The molecule has 24 heavy (non-hydrogen) atoms. The van der Waals surface area contributed by atoms with E-state index in [-0.39, 0.29) is 18.1 Å². The molecule has 1 saturated heterocycles. The Balaban J connectivity index is 1.42. The summed E-state index contributed by atoms with van der Waals surface area (Å²) in [5.41, 5.74) is 3.37. The van der Waals surface area contributed by atoms with Gasteiger partial charge in [-0.25, -0.2) is 0 Å². The highest BCUT2D eigenvalue weighted by atomic mass is 35.5. The quantitative estimate of drug-likeness (QED) is 0.901. The van der Waals surface area contributed by atoms with Crippen molar-refractivity contribution in [1.29, 1.82) is 0 Å². The van der Waals surface area contributed by atoms with Crippen LogP contribution in [0.3, 0.4) is 0 Å². The number of benzene rings is 1. The molecule has 4 nitrogen and oxygen atoms in total. The van der Waals surface area contributed by atoms with Gasteiger partial charge in [0.1, 0.15) is 18.0 Å². The third-order valence-corrected chi connectivity index (χ3v) is 5.40. The summed E-state index contributed by atoms with van der Waals surface area (Å²) in [5.74, 6) is 0.698. The van der Waals surface area contributed by atoms with Gasteiger partial charge in [-0.1, -0.05) is 11.6 Å². The number of ether oxygens (including phenoxy) is 2. The summed E-state index contributed by atoms with van der Waals surface area (Å²) in [6.45, 7) is 1.14. The van der Waals surface area contributed by atoms with Crippen LogP contribution in [0.1, 0.15) is 18.4 Å². The van der Waals surface area contributed by atoms with Crippen molar-refractivity contribution < 1.29 is 14.3 Å². The first-order chi connectivity index (χ1) is 11.7. The van der Waals surface area contributed by atoms with Crippen LogP contribution >= 0.6 is 22.9 Å². The minimum Gasteiger partial charge on any atom is -0.486 e. The van der Waals surface area contributed by atoms with Crippen LogP contribution in [0.2, 0.25) is 5.02 Å². The smallest absolute Gasteiger partial charge is 0.249 e. The molecule has 1 N–H and O–H groups in total. The fourth-order valence-electron chi connectivity index (χ4n) is 3.21. The predicted octanol–water partition coefficient (Wildman–Crippen LogP) is 3.67. The summed E-state index contributed by atoms with van der Waals surface area (Å²) in [7, 11) is 0. The number of hydrogen-bond donors (Lipinski definition) is 1. The van der Waals surface area contributed by atoms with Crippen molar-refractivity contribution in [3.05, 3.63) is 39.5 Å². The predicted molar refractivity (Wildman–Crippen MR) is 94.9 cm³/mol. The van der Waals surface area contributed by atoms with Crippen LogP contribution < -0.4 is 10.1 Å². The number of rotatable bonds is 4. The van der Waals surface area contributed by atoms with Gasteiger partial charge in [0.05, 0.1) is 11.6 Å². The molecule has 6 heteroatoms. The Kier molecular flexibility index (Phi) is 4.48. The minimum absolute atomic E-state index is 0.0443. The number of hydrogen-bond acceptors (Lipinski definition) is 4. The van der Waals surface area contributed by atoms with Crippen LogP contribution in [0.15, 0.2) is 29.0 Å². The zero-order valence-corrected chi connectivity index (χ0v) is 14.7. The average molecular weight is 364 g/mol. The number of fused-ring (bicyclic) bond motifs is 1. The molecular weight excluding hydrogens is 346 g/mol. The van der Waals surface area contributed by atoms with Crippen molar-refractivity contribution in [3.63, 3.8) is 0 Å². The lowest BCUT2D eigenvalue weighted by molar-refractivity contribution is -0.130. The van der Waals surface area contributed by atoms with E-state index in [1.807, 2.05) is 6.07 Å². The van der Waals surface area contributed by atoms with Crippen LogP contribution in [0.5, 0.6) is 5.75 Å². The van der Waals surface area contributed by atoms with Crippen LogP contribution in [-0.4, -0.2) is 31.3 Å². The molecule has 2 aliphatic rings. The highest BCUT2D eigenvalue weighted by Gasteiger charge is 2.28. The van der Waals surface area contributed by atoms with Crippen molar-refractivity contribution in [2.75, 3.05) is 13.2 Å². The molecule has 1 amide bonds. The van der Waals surface area contributed by atoms with Gasteiger partial charge in [0.2, 0.25) is 5.91 Å². The number of amides is 1. The van der Waals surface area contributed by atoms with E-state index in [9.17, 15) is 4.79 Å². The highest BCUT2D eigenvalue weighted by molar-refractivity contribution is 7.08. The summed E-state index contributed by atoms with van der Waals surface area (Å²) in [6, 6.07) is 6.15. The number of thiophene rings is 1. The van der Waals surface area contributed by atoms with Gasteiger partial charge >= 0.3 is 0 Å². The Morgan fingerprint density at radius 3 is 3.04 bits per heavy atom. The molecule has 0 aliphatic carbocycles. The van der Waals surface area contributed by atoms with Gasteiger partial charge in [0.15, 0.2) is 0 Å². The van der Waals surface area contributed by atoms with E-state index in [2.05, 4.69) is 28.2 Å². The van der Waals surface area contributed by atoms with E-state index >= 15 is 0 Å². The van der Waals surface area contributed by atoms with E-state index in [0.717, 1.165) is 36.1 Å². The number of nitrogens with one attached hydrogen (secondary N) is 1. The Bertz CT molecular complexity index is 741. The van der Waals surface area contributed by atoms with Crippen molar-refractivity contribution in [2.24, 2.45) is 0 Å². The largest absolute Gasteiger partial charge is 0.486 e. The average Bonchev–Trinajstić information content (AvgIpc) is 3.32. The molecule has 0 bridgehead atoms. The molecule has 0 radical (unpaired) electrons. The van der Waals surface area contributed by atoms with E-state index in [0.29, 0.717) is 18.2 Å². The molecule has 2 aliphatic heterocycles. The normalized spacial score (nSPS) is 22.2. The Morgan fingerprint density at radius 2 is 2.29 bits per heavy atom. The Morgan fingerprint density at radius 1 is 1.38 bits per heavy atom. The Hall–Kier alpha value is -1.56. The maximum absolute atomic E-state index is 12.0. The van der Waals surface area contributed by atoms with Gasteiger partial charge in [-0.2, -0.15) is 11.3 Å². The lowest BCUT2D eigenvalue weighted by atomic mass is 10.0. The first kappa shape index (κ1) is 15.9. The fraction of sp³-hybridized carbons (Fsp3) is 0.389. The van der Waals surface area contributed by atoms with Crippen molar-refractivity contribution in [3.8, 4) is 16.9 Å². The molecule has 3 heterocycles. The molecule has 0 saturated carbocycles. The zero-order valence-electron chi connectivity index (χ0n) is 13.1. The second-order valence-corrected chi connectivity index (χ2v) is 7.34. The summed E-state index contributed by atoms with van der Waals surface area (Å²) in [5, 5.41) is 7.72. The van der Waals surface area contributed by atoms with Gasteiger partial charge < -0.3 is 14.8 Å². The molecule has 126 valence electrons. The van der Waals surface area contributed by atoms with E-state index < -0.39 is 0 Å². The van der Waals surface area contributed by atoms with Gasteiger partial charge in [0, 0.05) is 18.6 Å². The minimum atomic E-state index is -0.303. The van der Waals surface area contributed by atoms with Gasteiger partial charge in [-0.3, -0.25) is 4.79 Å². The first-order valence-corrected chi connectivity index (χ1v) is 9.44. The number of carbonyl (C=O) groups excluding carboxylic acids is 1. The standard InChI is InChI=1S/C18H18ClNO3S/c19-15-8-12(11-3-5-24-10-11)6-13-7-14(23-17(13)15)9-20-18(21)16-2-1-4-22-16/h3,5-6,8,10,14,16H,1-2,4,7,9H2,(H,20,21)/t14-,16-/m1/s1. The maximum Gasteiger partial charge on any atom is 0.249 e. The molecule has 1 fully saturated rings. The molecule has 2 atom stereocenters. The van der Waals surface area contributed by atoms with Crippen LogP contribution in [0.4, 0.5) is 0 Å². The van der Waals surface area contributed by atoms with Crippen molar-refractivity contribution >= 4 is 28.8 Å². The SMILES string of the molecule is O=C(NC[C@H]1Cc2cc(-c3ccsc3)cc(Cl)c2O1)[C@H]1CCCO1. The van der Waals surface area contributed by atoms with E-state index in [1.165, 1.54) is 5.56 Å². The van der Waals surface area contributed by atoms with Gasteiger partial charge in [0.25, 0.3) is 0 Å².